The average molecular weight is 349 g/mol. The van der Waals surface area contributed by atoms with Crippen LogP contribution < -0.4 is 15.4 Å². The predicted octanol–water partition coefficient (Wildman–Crippen LogP) is 3.22. The van der Waals surface area contributed by atoms with Gasteiger partial charge in [0.05, 0.1) is 7.11 Å². The van der Waals surface area contributed by atoms with Crippen LogP contribution in [0.1, 0.15) is 33.6 Å². The number of carbonyl (C=O) groups excluding carboxylic acids is 2. The van der Waals surface area contributed by atoms with Gasteiger partial charge in [0, 0.05) is 30.9 Å². The monoisotopic (exact) mass is 349 g/mol. The number of amides is 3. The fraction of sp³-hybridized carbons (Fsp3) is 0.556. The molecule has 7 nitrogen and oxygen atoms in total. The summed E-state index contributed by atoms with van der Waals surface area (Å²) in [6.45, 7) is 6.57. The largest absolute Gasteiger partial charge is 0.497 e. The number of nitrogens with one attached hydrogen (secondary N) is 2. The minimum atomic E-state index is -0.540. The van der Waals surface area contributed by atoms with E-state index >= 15 is 0 Å². The van der Waals surface area contributed by atoms with Gasteiger partial charge in [-0.25, -0.2) is 9.59 Å². The van der Waals surface area contributed by atoms with E-state index in [1.807, 2.05) is 32.9 Å². The number of ether oxygens (including phenoxy) is 2. The van der Waals surface area contributed by atoms with Crippen molar-refractivity contribution < 1.29 is 19.1 Å². The molecule has 1 saturated heterocycles. The molecule has 1 heterocycles. The lowest BCUT2D eigenvalue weighted by atomic mass is 10.1. The molecular weight excluding hydrogens is 322 g/mol. The topological polar surface area (TPSA) is 79.9 Å². The summed E-state index contributed by atoms with van der Waals surface area (Å²) in [5.74, 6) is 0.681. The van der Waals surface area contributed by atoms with Crippen molar-refractivity contribution in [3.63, 3.8) is 0 Å². The van der Waals surface area contributed by atoms with Crippen molar-refractivity contribution in [2.75, 3.05) is 25.5 Å². The van der Waals surface area contributed by atoms with Gasteiger partial charge in [-0.15, -0.1) is 0 Å². The van der Waals surface area contributed by atoms with Crippen LogP contribution in [0.4, 0.5) is 15.3 Å². The third kappa shape index (κ3) is 6.17. The van der Waals surface area contributed by atoms with Crippen LogP contribution in [0.2, 0.25) is 0 Å². The van der Waals surface area contributed by atoms with E-state index < -0.39 is 11.7 Å². The number of carbonyl (C=O) groups is 2. The molecule has 25 heavy (non-hydrogen) atoms. The number of anilines is 1. The fourth-order valence-corrected chi connectivity index (χ4v) is 2.66. The highest BCUT2D eigenvalue weighted by atomic mass is 16.6. The summed E-state index contributed by atoms with van der Waals surface area (Å²) in [6.07, 6.45) is 1.20. The van der Waals surface area contributed by atoms with Crippen LogP contribution in [0.5, 0.6) is 5.75 Å². The van der Waals surface area contributed by atoms with Crippen molar-refractivity contribution >= 4 is 17.8 Å². The summed E-state index contributed by atoms with van der Waals surface area (Å²) >= 11 is 0. The quantitative estimate of drug-likeness (QED) is 0.878. The molecule has 7 heteroatoms. The molecule has 2 N–H and O–H groups in total. The molecule has 1 aromatic rings. The van der Waals surface area contributed by atoms with Gasteiger partial charge in [-0.2, -0.15) is 0 Å². The Morgan fingerprint density at radius 2 is 2.04 bits per heavy atom. The second kappa shape index (κ2) is 8.09. The van der Waals surface area contributed by atoms with Crippen molar-refractivity contribution in [2.45, 2.75) is 45.3 Å². The summed E-state index contributed by atoms with van der Waals surface area (Å²) in [5.41, 5.74) is 0.133. The van der Waals surface area contributed by atoms with Crippen LogP contribution in [0.3, 0.4) is 0 Å². The maximum Gasteiger partial charge on any atom is 0.407 e. The summed E-state index contributed by atoms with van der Waals surface area (Å²) < 4.78 is 10.4. The Kier molecular flexibility index (Phi) is 6.12. The lowest BCUT2D eigenvalue weighted by Gasteiger charge is -2.33. The summed E-state index contributed by atoms with van der Waals surface area (Å²) in [5, 5.41) is 5.70. The molecule has 1 aliphatic rings. The minimum absolute atomic E-state index is 0.111. The molecule has 3 amide bonds. The zero-order chi connectivity index (χ0) is 18.4. The number of likely N-dealkylation sites (tertiary alicyclic amines) is 1. The maximum atomic E-state index is 12.5. The Balaban J connectivity index is 1.89. The number of urea groups is 1. The normalized spacial score (nSPS) is 17.6. The van der Waals surface area contributed by atoms with Crippen LogP contribution in [0.25, 0.3) is 0 Å². The highest BCUT2D eigenvalue weighted by Gasteiger charge is 2.26. The summed E-state index contributed by atoms with van der Waals surface area (Å²) in [7, 11) is 1.58. The number of rotatable bonds is 3. The van der Waals surface area contributed by atoms with Gasteiger partial charge in [-0.3, -0.25) is 0 Å². The molecule has 0 radical (unpaired) electrons. The molecule has 0 spiro atoms. The Morgan fingerprint density at radius 1 is 1.28 bits per heavy atom. The van der Waals surface area contributed by atoms with Gasteiger partial charge < -0.3 is 25.0 Å². The van der Waals surface area contributed by atoms with Crippen LogP contribution in [-0.2, 0) is 4.74 Å². The number of methoxy groups -OCH3 is 1. The van der Waals surface area contributed by atoms with Gasteiger partial charge >= 0.3 is 12.1 Å². The maximum absolute atomic E-state index is 12.5. The molecule has 1 aliphatic heterocycles. The smallest absolute Gasteiger partial charge is 0.407 e. The molecule has 0 bridgehead atoms. The van der Waals surface area contributed by atoms with Crippen molar-refractivity contribution in [3.05, 3.63) is 24.3 Å². The number of nitrogens with zero attached hydrogens (tertiary/aromatic N) is 1. The van der Waals surface area contributed by atoms with E-state index in [-0.39, 0.29) is 12.1 Å². The van der Waals surface area contributed by atoms with E-state index in [0.717, 1.165) is 12.8 Å². The van der Waals surface area contributed by atoms with Gasteiger partial charge in [0.15, 0.2) is 0 Å². The van der Waals surface area contributed by atoms with Crippen molar-refractivity contribution in [1.82, 2.24) is 10.2 Å². The SMILES string of the molecule is COc1cccc(NC(=O)N2CCCC(NC(=O)OC(C)(C)C)C2)c1. The zero-order valence-corrected chi connectivity index (χ0v) is 15.3. The molecule has 1 aromatic carbocycles. The summed E-state index contributed by atoms with van der Waals surface area (Å²) in [4.78, 5) is 26.1. The lowest BCUT2D eigenvalue weighted by molar-refractivity contribution is 0.0480. The van der Waals surface area contributed by atoms with E-state index in [0.29, 0.717) is 24.5 Å². The van der Waals surface area contributed by atoms with Crippen LogP contribution in [0.15, 0.2) is 24.3 Å². The molecule has 138 valence electrons. The number of alkyl carbamates (subject to hydrolysis) is 1. The third-order valence-electron chi connectivity index (χ3n) is 3.75. The van der Waals surface area contributed by atoms with Gasteiger partial charge in [0.25, 0.3) is 0 Å². The molecule has 2 rings (SSSR count). The van der Waals surface area contributed by atoms with E-state index in [4.69, 9.17) is 9.47 Å². The molecule has 0 aliphatic carbocycles. The van der Waals surface area contributed by atoms with Gasteiger partial charge in [-0.05, 0) is 45.7 Å². The van der Waals surface area contributed by atoms with Crippen LogP contribution >= 0.6 is 0 Å². The minimum Gasteiger partial charge on any atom is -0.497 e. The average Bonchev–Trinajstić information content (AvgIpc) is 2.53. The number of benzene rings is 1. The second-order valence-corrected chi connectivity index (χ2v) is 7.09. The molecular formula is C18H27N3O4. The standard InChI is InChI=1S/C18H27N3O4/c1-18(2,3)25-17(23)20-14-8-6-10-21(12-14)16(22)19-13-7-5-9-15(11-13)24-4/h5,7,9,11,14H,6,8,10,12H2,1-4H3,(H,19,22)(H,20,23). The second-order valence-electron chi connectivity index (χ2n) is 7.09. The highest BCUT2D eigenvalue weighted by molar-refractivity contribution is 5.89. The highest BCUT2D eigenvalue weighted by Crippen LogP contribution is 2.18. The predicted molar refractivity (Wildman–Crippen MR) is 96.0 cm³/mol. The van der Waals surface area contributed by atoms with E-state index in [1.165, 1.54) is 0 Å². The van der Waals surface area contributed by atoms with E-state index in [1.54, 1.807) is 24.1 Å². The lowest BCUT2D eigenvalue weighted by Crippen LogP contribution is -2.51. The first-order valence-electron chi connectivity index (χ1n) is 8.46. The Labute approximate surface area is 148 Å². The first kappa shape index (κ1) is 18.9. The van der Waals surface area contributed by atoms with E-state index in [9.17, 15) is 9.59 Å². The molecule has 1 fully saturated rings. The van der Waals surface area contributed by atoms with Crippen molar-refractivity contribution in [3.8, 4) is 5.75 Å². The number of hydrogen-bond acceptors (Lipinski definition) is 4. The fourth-order valence-electron chi connectivity index (χ4n) is 2.66. The first-order valence-corrected chi connectivity index (χ1v) is 8.46. The number of piperidine rings is 1. The van der Waals surface area contributed by atoms with Gasteiger partial charge in [-0.1, -0.05) is 6.07 Å². The van der Waals surface area contributed by atoms with Crippen molar-refractivity contribution in [1.29, 1.82) is 0 Å². The zero-order valence-electron chi connectivity index (χ0n) is 15.3. The molecule has 1 unspecified atom stereocenters. The molecule has 1 atom stereocenters. The summed E-state index contributed by atoms with van der Waals surface area (Å²) in [6, 6.07) is 6.90. The van der Waals surface area contributed by atoms with E-state index in [2.05, 4.69) is 10.6 Å². The van der Waals surface area contributed by atoms with Gasteiger partial charge in [0.1, 0.15) is 11.4 Å². The Morgan fingerprint density at radius 3 is 2.72 bits per heavy atom. The Hall–Kier alpha value is -2.44. The number of hydrogen-bond donors (Lipinski definition) is 2. The molecule has 0 aromatic heterocycles. The molecule has 0 saturated carbocycles. The van der Waals surface area contributed by atoms with Crippen LogP contribution in [-0.4, -0.2) is 48.9 Å². The van der Waals surface area contributed by atoms with Crippen molar-refractivity contribution in [2.24, 2.45) is 0 Å². The first-order chi connectivity index (χ1) is 11.8. The third-order valence-corrected chi connectivity index (χ3v) is 3.75. The van der Waals surface area contributed by atoms with Gasteiger partial charge in [0.2, 0.25) is 0 Å². The van der Waals surface area contributed by atoms with Crippen LogP contribution in [0, 0.1) is 0 Å². The Bertz CT molecular complexity index is 613.